The molecule has 32 heavy (non-hydrogen) atoms. The lowest BCUT2D eigenvalue weighted by Crippen LogP contribution is -2.43. The molecule has 2 heterocycles. The molecule has 2 aliphatic rings. The minimum atomic E-state index is -3.84. The van der Waals surface area contributed by atoms with Crippen molar-refractivity contribution in [2.45, 2.75) is 24.7 Å². The molecule has 2 aromatic rings. The fourth-order valence-electron chi connectivity index (χ4n) is 3.93. The minimum Gasteiger partial charge on any atom is -0.497 e. The standard InChI is InChI=1S/C22H25N3O6S/c1-14-10-18-19(31-13-21(26)24-18)11-20(14)32(28,29)25-9-3-4-15(12-25)22(27)23-16-5-7-17(30-2)8-6-16/h5-8,10-11,15H,3-4,9,12-13H2,1-2H3,(H,23,27)(H,24,26)/t15-/m0/s1. The van der Waals surface area contributed by atoms with E-state index in [-0.39, 0.29) is 29.9 Å². The summed E-state index contributed by atoms with van der Waals surface area (Å²) >= 11 is 0. The molecule has 1 atom stereocenters. The summed E-state index contributed by atoms with van der Waals surface area (Å²) in [5.74, 6) is 0.0353. The van der Waals surface area contributed by atoms with E-state index in [1.807, 2.05) is 0 Å². The molecule has 0 unspecified atom stereocenters. The van der Waals surface area contributed by atoms with Gasteiger partial charge in [-0.25, -0.2) is 8.42 Å². The average Bonchev–Trinajstić information content (AvgIpc) is 2.79. The number of hydrogen-bond donors (Lipinski definition) is 2. The summed E-state index contributed by atoms with van der Waals surface area (Å²) in [7, 11) is -2.28. The lowest BCUT2D eigenvalue weighted by atomic mass is 9.99. The van der Waals surface area contributed by atoms with Crippen LogP contribution < -0.4 is 20.1 Å². The Morgan fingerprint density at radius 3 is 2.72 bits per heavy atom. The Labute approximate surface area is 186 Å². The molecule has 2 amide bonds. The van der Waals surface area contributed by atoms with Gasteiger partial charge < -0.3 is 20.1 Å². The first-order valence-corrected chi connectivity index (χ1v) is 11.7. The van der Waals surface area contributed by atoms with Gasteiger partial charge in [-0.1, -0.05) is 0 Å². The second-order valence-corrected chi connectivity index (χ2v) is 9.78. The Morgan fingerprint density at radius 2 is 2.00 bits per heavy atom. The van der Waals surface area contributed by atoms with Gasteiger partial charge in [-0.05, 0) is 55.7 Å². The fraction of sp³-hybridized carbons (Fsp3) is 0.364. The Balaban J connectivity index is 1.51. The number of carbonyl (C=O) groups excluding carboxylic acids is 2. The molecule has 2 aliphatic heterocycles. The van der Waals surface area contributed by atoms with Crippen LogP contribution in [0.25, 0.3) is 0 Å². The number of benzene rings is 2. The fourth-order valence-corrected chi connectivity index (χ4v) is 5.67. The summed E-state index contributed by atoms with van der Waals surface area (Å²) in [5, 5.41) is 5.53. The molecular formula is C22H25N3O6S. The summed E-state index contributed by atoms with van der Waals surface area (Å²) in [4.78, 5) is 24.4. The van der Waals surface area contributed by atoms with Crippen LogP contribution in [0.1, 0.15) is 18.4 Å². The monoisotopic (exact) mass is 459 g/mol. The third-order valence-corrected chi connectivity index (χ3v) is 7.65. The van der Waals surface area contributed by atoms with Gasteiger partial charge in [0.25, 0.3) is 5.91 Å². The molecule has 0 radical (unpaired) electrons. The van der Waals surface area contributed by atoms with Crippen LogP contribution in [0.4, 0.5) is 11.4 Å². The highest BCUT2D eigenvalue weighted by Crippen LogP contribution is 2.35. The van der Waals surface area contributed by atoms with Gasteiger partial charge in [-0.2, -0.15) is 4.31 Å². The third kappa shape index (κ3) is 4.42. The largest absolute Gasteiger partial charge is 0.497 e. The van der Waals surface area contributed by atoms with Gasteiger partial charge in [0.1, 0.15) is 11.5 Å². The Kier molecular flexibility index (Phi) is 6.07. The third-order valence-electron chi connectivity index (χ3n) is 5.64. The highest BCUT2D eigenvalue weighted by molar-refractivity contribution is 7.89. The van der Waals surface area contributed by atoms with E-state index in [0.29, 0.717) is 47.8 Å². The lowest BCUT2D eigenvalue weighted by molar-refractivity contribution is -0.121. The summed E-state index contributed by atoms with van der Waals surface area (Å²) in [6.45, 7) is 1.94. The molecule has 0 saturated carbocycles. The maximum atomic E-state index is 13.4. The van der Waals surface area contributed by atoms with Crippen molar-refractivity contribution in [1.82, 2.24) is 4.31 Å². The van der Waals surface area contributed by atoms with Crippen LogP contribution in [-0.4, -0.2) is 51.3 Å². The van der Waals surface area contributed by atoms with E-state index in [2.05, 4.69) is 10.6 Å². The molecule has 2 aromatic carbocycles. The molecule has 2 N–H and O–H groups in total. The van der Waals surface area contributed by atoms with Crippen molar-refractivity contribution in [3.05, 3.63) is 42.0 Å². The van der Waals surface area contributed by atoms with Crippen LogP contribution in [0, 0.1) is 12.8 Å². The van der Waals surface area contributed by atoms with E-state index < -0.39 is 15.9 Å². The van der Waals surface area contributed by atoms with Crippen molar-refractivity contribution < 1.29 is 27.5 Å². The van der Waals surface area contributed by atoms with E-state index in [9.17, 15) is 18.0 Å². The van der Waals surface area contributed by atoms with Crippen molar-refractivity contribution in [3.63, 3.8) is 0 Å². The van der Waals surface area contributed by atoms with Gasteiger partial charge >= 0.3 is 0 Å². The van der Waals surface area contributed by atoms with Crippen LogP contribution in [-0.2, 0) is 19.6 Å². The minimum absolute atomic E-state index is 0.0957. The zero-order valence-corrected chi connectivity index (χ0v) is 18.7. The quantitative estimate of drug-likeness (QED) is 0.710. The van der Waals surface area contributed by atoms with Gasteiger partial charge in [0.05, 0.1) is 23.6 Å². The summed E-state index contributed by atoms with van der Waals surface area (Å²) in [6.07, 6.45) is 1.18. The van der Waals surface area contributed by atoms with Crippen LogP contribution in [0.15, 0.2) is 41.3 Å². The molecule has 170 valence electrons. The van der Waals surface area contributed by atoms with Crippen molar-refractivity contribution in [3.8, 4) is 11.5 Å². The topological polar surface area (TPSA) is 114 Å². The predicted octanol–water partition coefficient (Wildman–Crippen LogP) is 2.37. The molecular weight excluding hydrogens is 434 g/mol. The molecule has 10 heteroatoms. The number of nitrogens with one attached hydrogen (secondary N) is 2. The van der Waals surface area contributed by atoms with E-state index in [4.69, 9.17) is 9.47 Å². The first-order chi connectivity index (χ1) is 15.3. The normalized spacial score (nSPS) is 18.8. The highest BCUT2D eigenvalue weighted by atomic mass is 32.2. The van der Waals surface area contributed by atoms with E-state index in [1.54, 1.807) is 44.4 Å². The SMILES string of the molecule is COc1ccc(NC(=O)[C@H]2CCCN(S(=O)(=O)c3cc4c(cc3C)NC(=O)CO4)C2)cc1. The molecule has 0 spiro atoms. The number of methoxy groups -OCH3 is 1. The maximum absolute atomic E-state index is 13.4. The molecule has 9 nitrogen and oxygen atoms in total. The number of hydrogen-bond acceptors (Lipinski definition) is 6. The number of amides is 2. The van der Waals surface area contributed by atoms with Crippen LogP contribution >= 0.6 is 0 Å². The first-order valence-electron chi connectivity index (χ1n) is 10.3. The number of sulfonamides is 1. The maximum Gasteiger partial charge on any atom is 0.262 e. The van der Waals surface area contributed by atoms with E-state index in [0.717, 1.165) is 0 Å². The van der Waals surface area contributed by atoms with Crippen molar-refractivity contribution in [2.24, 2.45) is 5.92 Å². The smallest absolute Gasteiger partial charge is 0.262 e. The number of ether oxygens (including phenoxy) is 2. The predicted molar refractivity (Wildman–Crippen MR) is 118 cm³/mol. The summed E-state index contributed by atoms with van der Waals surface area (Å²) in [5.41, 5.74) is 1.58. The van der Waals surface area contributed by atoms with Crippen molar-refractivity contribution in [1.29, 1.82) is 0 Å². The van der Waals surface area contributed by atoms with Crippen LogP contribution in [0.3, 0.4) is 0 Å². The second kappa shape index (κ2) is 8.79. The summed E-state index contributed by atoms with van der Waals surface area (Å²) in [6, 6.07) is 10.0. The molecule has 0 bridgehead atoms. The number of piperidine rings is 1. The van der Waals surface area contributed by atoms with E-state index in [1.165, 1.54) is 10.4 Å². The Morgan fingerprint density at radius 1 is 1.25 bits per heavy atom. The number of rotatable bonds is 5. The van der Waals surface area contributed by atoms with Gasteiger partial charge in [0, 0.05) is 24.8 Å². The van der Waals surface area contributed by atoms with Gasteiger partial charge in [0.15, 0.2) is 6.61 Å². The molecule has 1 saturated heterocycles. The molecule has 0 aliphatic carbocycles. The number of fused-ring (bicyclic) bond motifs is 1. The lowest BCUT2D eigenvalue weighted by Gasteiger charge is -2.32. The summed E-state index contributed by atoms with van der Waals surface area (Å²) < 4.78 is 38.6. The molecule has 4 rings (SSSR count). The van der Waals surface area contributed by atoms with E-state index >= 15 is 0 Å². The zero-order chi connectivity index (χ0) is 22.9. The molecule has 1 fully saturated rings. The van der Waals surface area contributed by atoms with Crippen molar-refractivity contribution >= 4 is 33.2 Å². The average molecular weight is 460 g/mol. The Bertz CT molecular complexity index is 1150. The number of carbonyl (C=O) groups is 2. The van der Waals surface area contributed by atoms with Crippen molar-refractivity contribution in [2.75, 3.05) is 37.4 Å². The van der Waals surface area contributed by atoms with Crippen LogP contribution in [0.5, 0.6) is 11.5 Å². The molecule has 0 aromatic heterocycles. The van der Waals surface area contributed by atoms with Gasteiger partial charge in [-0.15, -0.1) is 0 Å². The highest BCUT2D eigenvalue weighted by Gasteiger charge is 2.35. The Hall–Kier alpha value is -3.11. The number of nitrogens with zero attached hydrogens (tertiary/aromatic N) is 1. The second-order valence-electron chi connectivity index (χ2n) is 7.87. The van der Waals surface area contributed by atoms with Gasteiger partial charge in [-0.3, -0.25) is 9.59 Å². The number of aryl methyl sites for hydroxylation is 1. The van der Waals surface area contributed by atoms with Gasteiger partial charge in [0.2, 0.25) is 15.9 Å². The first kappa shape index (κ1) is 22.1. The zero-order valence-electron chi connectivity index (χ0n) is 17.9. The van der Waals surface area contributed by atoms with Crippen LogP contribution in [0.2, 0.25) is 0 Å². The number of anilines is 2.